The number of aliphatic hydroxyl groups excluding tert-OH is 2. The van der Waals surface area contributed by atoms with E-state index >= 15 is 0 Å². The lowest BCUT2D eigenvalue weighted by molar-refractivity contribution is -0.0355. The van der Waals surface area contributed by atoms with E-state index in [9.17, 15) is 24.2 Å². The first kappa shape index (κ1) is 19.3. The Morgan fingerprint density at radius 1 is 1.44 bits per heavy atom. The number of amides is 1. The molecule has 25 heavy (non-hydrogen) atoms. The molecule has 0 aromatic carbocycles. The summed E-state index contributed by atoms with van der Waals surface area (Å²) in [5, 5.41) is 21.6. The van der Waals surface area contributed by atoms with Crippen molar-refractivity contribution in [3.63, 3.8) is 0 Å². The van der Waals surface area contributed by atoms with Crippen molar-refractivity contribution in [3.05, 3.63) is 22.5 Å². The number of hydrogen-bond donors (Lipinski definition) is 3. The maximum absolute atomic E-state index is 14.1. The van der Waals surface area contributed by atoms with Gasteiger partial charge in [0, 0.05) is 0 Å². The molecule has 4 atom stereocenters. The van der Waals surface area contributed by atoms with Gasteiger partial charge >= 0.3 is 11.8 Å². The van der Waals surface area contributed by atoms with Crippen molar-refractivity contribution < 1.29 is 28.9 Å². The molecule has 0 saturated carbocycles. The number of hydrogen-bond acceptors (Lipinski definition) is 7. The summed E-state index contributed by atoms with van der Waals surface area (Å²) < 4.78 is 24.9. The Morgan fingerprint density at radius 3 is 2.76 bits per heavy atom. The third-order valence-corrected chi connectivity index (χ3v) is 3.86. The second-order valence-corrected chi connectivity index (χ2v) is 5.81. The zero-order valence-electron chi connectivity index (χ0n) is 14.0. The van der Waals surface area contributed by atoms with Crippen LogP contribution in [0.25, 0.3) is 0 Å². The van der Waals surface area contributed by atoms with Crippen LogP contribution in [0.1, 0.15) is 39.3 Å². The Bertz CT molecular complexity index is 667. The van der Waals surface area contributed by atoms with E-state index in [1.165, 1.54) is 6.92 Å². The molecule has 1 saturated heterocycles. The molecule has 1 amide bonds. The highest BCUT2D eigenvalue weighted by atomic mass is 19.1. The van der Waals surface area contributed by atoms with Crippen LogP contribution in [-0.4, -0.2) is 50.8 Å². The summed E-state index contributed by atoms with van der Waals surface area (Å²) >= 11 is 0. The second-order valence-electron chi connectivity index (χ2n) is 5.81. The van der Waals surface area contributed by atoms with Crippen LogP contribution in [0.5, 0.6) is 0 Å². The minimum Gasteiger partial charge on any atom is -0.449 e. The van der Waals surface area contributed by atoms with Crippen molar-refractivity contribution in [2.75, 3.05) is 11.9 Å². The van der Waals surface area contributed by atoms with Gasteiger partial charge in [-0.05, 0) is 13.3 Å². The Labute approximate surface area is 143 Å². The molecule has 10 heteroatoms. The summed E-state index contributed by atoms with van der Waals surface area (Å²) in [4.78, 5) is 27.0. The van der Waals surface area contributed by atoms with Crippen molar-refractivity contribution >= 4 is 11.9 Å². The van der Waals surface area contributed by atoms with E-state index in [2.05, 4.69) is 10.3 Å². The van der Waals surface area contributed by atoms with Crippen LogP contribution in [0.15, 0.2) is 11.0 Å². The van der Waals surface area contributed by atoms with Crippen LogP contribution < -0.4 is 11.0 Å². The van der Waals surface area contributed by atoms with E-state index < -0.39 is 48.0 Å². The van der Waals surface area contributed by atoms with Crippen molar-refractivity contribution in [1.29, 1.82) is 0 Å². The van der Waals surface area contributed by atoms with Gasteiger partial charge < -0.3 is 19.7 Å². The van der Waals surface area contributed by atoms with Crippen LogP contribution in [0, 0.1) is 5.82 Å². The molecule has 1 aliphatic rings. The van der Waals surface area contributed by atoms with Gasteiger partial charge in [0.1, 0.15) is 12.2 Å². The number of aromatic nitrogens is 2. The van der Waals surface area contributed by atoms with Crippen LogP contribution in [0.4, 0.5) is 15.0 Å². The number of carbonyl (C=O) groups is 1. The summed E-state index contributed by atoms with van der Waals surface area (Å²) in [6.07, 6.45) is -2.25. The van der Waals surface area contributed by atoms with Gasteiger partial charge in [0.05, 0.1) is 18.9 Å². The highest BCUT2D eigenvalue weighted by Crippen LogP contribution is 2.28. The van der Waals surface area contributed by atoms with Crippen molar-refractivity contribution in [3.8, 4) is 0 Å². The standard InChI is InChI=1S/C15H22FN3O6/c1-3-4-5-6-24-15(23)18-12-9(16)7-19(14(22)17-12)13-11(21)10(20)8(2)25-13/h7-8,10-11,13,20-21H,3-6H2,1-2H3,(H,17,18,22,23)/t8-,10-,11+,13+/m0/s1. The van der Waals surface area contributed by atoms with Gasteiger partial charge in [-0.1, -0.05) is 19.8 Å². The Morgan fingerprint density at radius 2 is 2.16 bits per heavy atom. The topological polar surface area (TPSA) is 123 Å². The van der Waals surface area contributed by atoms with E-state index in [1.54, 1.807) is 0 Å². The molecule has 1 fully saturated rings. The number of ether oxygens (including phenoxy) is 2. The van der Waals surface area contributed by atoms with Gasteiger partial charge in [-0.2, -0.15) is 4.98 Å². The minimum atomic E-state index is -1.41. The molecule has 2 heterocycles. The first-order valence-corrected chi connectivity index (χ1v) is 8.09. The van der Waals surface area contributed by atoms with Crippen molar-refractivity contribution in [1.82, 2.24) is 9.55 Å². The summed E-state index contributed by atoms with van der Waals surface area (Å²) in [6.45, 7) is 3.68. The summed E-state index contributed by atoms with van der Waals surface area (Å²) in [6, 6.07) is 0. The average Bonchev–Trinajstić information content (AvgIpc) is 2.82. The molecule has 0 unspecified atom stereocenters. The van der Waals surface area contributed by atoms with Crippen LogP contribution in [0.2, 0.25) is 0 Å². The molecule has 0 radical (unpaired) electrons. The highest BCUT2D eigenvalue weighted by molar-refractivity contribution is 5.83. The average molecular weight is 359 g/mol. The van der Waals surface area contributed by atoms with Crippen molar-refractivity contribution in [2.45, 2.75) is 57.6 Å². The fraction of sp³-hybridized carbons (Fsp3) is 0.667. The lowest BCUT2D eigenvalue weighted by atomic mass is 10.1. The number of aliphatic hydroxyl groups is 2. The predicted octanol–water partition coefficient (Wildman–Crippen LogP) is 0.760. The van der Waals surface area contributed by atoms with Crippen LogP contribution in [0.3, 0.4) is 0 Å². The lowest BCUT2D eigenvalue weighted by Gasteiger charge is -2.17. The van der Waals surface area contributed by atoms with Gasteiger partial charge in [0.15, 0.2) is 17.9 Å². The number of unbranched alkanes of at least 4 members (excludes halogenated alkanes) is 2. The Kier molecular flexibility index (Phi) is 6.45. The van der Waals surface area contributed by atoms with E-state index in [-0.39, 0.29) is 6.61 Å². The monoisotopic (exact) mass is 359 g/mol. The first-order valence-electron chi connectivity index (χ1n) is 8.09. The normalized spacial score (nSPS) is 25.8. The van der Waals surface area contributed by atoms with E-state index in [0.29, 0.717) is 6.42 Å². The maximum atomic E-state index is 14.1. The summed E-state index contributed by atoms with van der Waals surface area (Å²) in [5.41, 5.74) is -0.951. The fourth-order valence-electron chi connectivity index (χ4n) is 2.42. The molecule has 3 N–H and O–H groups in total. The molecule has 2 rings (SSSR count). The number of anilines is 1. The van der Waals surface area contributed by atoms with Crippen LogP contribution >= 0.6 is 0 Å². The molecule has 0 bridgehead atoms. The Hall–Kier alpha value is -2.04. The van der Waals surface area contributed by atoms with E-state index in [1.807, 2.05) is 6.92 Å². The number of nitrogens with one attached hydrogen (secondary N) is 1. The lowest BCUT2D eigenvalue weighted by Crippen LogP contribution is -2.36. The Balaban J connectivity index is 2.07. The van der Waals surface area contributed by atoms with E-state index in [4.69, 9.17) is 9.47 Å². The highest BCUT2D eigenvalue weighted by Gasteiger charge is 2.42. The van der Waals surface area contributed by atoms with Gasteiger partial charge in [-0.3, -0.25) is 9.88 Å². The number of carbonyl (C=O) groups excluding carboxylic acids is 1. The largest absolute Gasteiger partial charge is 0.449 e. The maximum Gasteiger partial charge on any atom is 0.412 e. The van der Waals surface area contributed by atoms with Gasteiger partial charge in [0.2, 0.25) is 0 Å². The zero-order chi connectivity index (χ0) is 18.6. The molecule has 0 aliphatic carbocycles. The SMILES string of the molecule is CCCCCOC(=O)Nc1nc(=O)n([C@@H]2O[C@@H](C)[C@H](O)[C@H]2O)cc1F. The third-order valence-electron chi connectivity index (χ3n) is 3.86. The molecular weight excluding hydrogens is 337 g/mol. The zero-order valence-corrected chi connectivity index (χ0v) is 14.0. The molecule has 1 aromatic rings. The van der Waals surface area contributed by atoms with Crippen molar-refractivity contribution in [2.24, 2.45) is 0 Å². The minimum absolute atomic E-state index is 0.177. The number of nitrogens with zero attached hydrogens (tertiary/aromatic N) is 2. The summed E-state index contributed by atoms with van der Waals surface area (Å²) in [5.74, 6) is -1.59. The predicted molar refractivity (Wildman–Crippen MR) is 84.5 cm³/mol. The third kappa shape index (κ3) is 4.53. The van der Waals surface area contributed by atoms with Crippen LogP contribution in [-0.2, 0) is 9.47 Å². The van der Waals surface area contributed by atoms with Gasteiger partial charge in [-0.25, -0.2) is 14.0 Å². The van der Waals surface area contributed by atoms with Gasteiger partial charge in [0.25, 0.3) is 0 Å². The molecule has 140 valence electrons. The molecule has 1 aromatic heterocycles. The summed E-state index contributed by atoms with van der Waals surface area (Å²) in [7, 11) is 0. The smallest absolute Gasteiger partial charge is 0.412 e. The van der Waals surface area contributed by atoms with Gasteiger partial charge in [-0.15, -0.1) is 0 Å². The molecular formula is C15H22FN3O6. The molecule has 1 aliphatic heterocycles. The second kappa shape index (κ2) is 8.37. The fourth-order valence-corrected chi connectivity index (χ4v) is 2.42. The number of halogens is 1. The molecule has 9 nitrogen and oxygen atoms in total. The van der Waals surface area contributed by atoms with E-state index in [0.717, 1.165) is 23.6 Å². The number of rotatable bonds is 6. The molecule has 0 spiro atoms. The first-order chi connectivity index (χ1) is 11.8. The quantitative estimate of drug-likeness (QED) is 0.641.